The van der Waals surface area contributed by atoms with Crippen LogP contribution in [-0.4, -0.2) is 47.2 Å². The number of hydrogen-bond donors (Lipinski definition) is 1. The summed E-state index contributed by atoms with van der Waals surface area (Å²) < 4.78 is 43.5. The van der Waals surface area contributed by atoms with Crippen molar-refractivity contribution in [2.45, 2.75) is 32.4 Å². The molecule has 3 aromatic rings. The Morgan fingerprint density at radius 1 is 1.06 bits per heavy atom. The Hall–Kier alpha value is -3.62. The number of ketones is 1. The van der Waals surface area contributed by atoms with E-state index in [9.17, 15) is 27.6 Å². The molecule has 1 amide bonds. The maximum Gasteiger partial charge on any atom is 0.416 e. The van der Waals surface area contributed by atoms with Crippen molar-refractivity contribution in [3.8, 4) is 0 Å². The van der Waals surface area contributed by atoms with Gasteiger partial charge in [0.05, 0.1) is 11.5 Å². The largest absolute Gasteiger partial charge is 0.457 e. The van der Waals surface area contributed by atoms with Gasteiger partial charge in [0.2, 0.25) is 5.78 Å². The van der Waals surface area contributed by atoms with Crippen LogP contribution in [0.2, 0.25) is 0 Å². The standard InChI is InChI=1S/C26H25F3N2O4/c1-2-16-4-3-5-20-21(14-30-23(16)20)22(32)15-35-25(34)18-10-12-31(13-11-18)24(33)17-6-8-19(9-7-17)26(27,28)29/h3-9,14,18,30H,2,10-13,15H2,1H3. The molecule has 0 spiro atoms. The van der Waals surface area contributed by atoms with Crippen LogP contribution in [0.25, 0.3) is 10.9 Å². The molecule has 0 unspecified atom stereocenters. The number of nitrogens with zero attached hydrogens (tertiary/aromatic N) is 1. The fourth-order valence-electron chi connectivity index (χ4n) is 4.38. The molecule has 0 aliphatic carbocycles. The Morgan fingerprint density at radius 2 is 1.74 bits per heavy atom. The van der Waals surface area contributed by atoms with Crippen molar-refractivity contribution in [1.29, 1.82) is 0 Å². The molecule has 0 saturated carbocycles. The average Bonchev–Trinajstić information content (AvgIpc) is 3.31. The molecule has 1 aliphatic heterocycles. The quantitative estimate of drug-likeness (QED) is 0.392. The lowest BCUT2D eigenvalue weighted by molar-refractivity contribution is -0.148. The van der Waals surface area contributed by atoms with Crippen LogP contribution in [0.5, 0.6) is 0 Å². The maximum atomic E-state index is 12.7. The molecule has 1 aliphatic rings. The molecular weight excluding hydrogens is 461 g/mol. The summed E-state index contributed by atoms with van der Waals surface area (Å²) in [5.74, 6) is -1.62. The van der Waals surface area contributed by atoms with Crippen molar-refractivity contribution in [2.75, 3.05) is 19.7 Å². The van der Waals surface area contributed by atoms with Gasteiger partial charge in [0.1, 0.15) is 0 Å². The molecular formula is C26H25F3N2O4. The molecule has 1 aromatic heterocycles. The number of rotatable bonds is 6. The number of piperidine rings is 1. The van der Waals surface area contributed by atoms with Crippen LogP contribution >= 0.6 is 0 Å². The van der Waals surface area contributed by atoms with E-state index in [-0.39, 0.29) is 37.0 Å². The second-order valence-electron chi connectivity index (χ2n) is 8.57. The Morgan fingerprint density at radius 3 is 2.37 bits per heavy atom. The van der Waals surface area contributed by atoms with Gasteiger partial charge in [0.15, 0.2) is 6.61 Å². The van der Waals surface area contributed by atoms with Crippen LogP contribution in [0.15, 0.2) is 48.7 Å². The molecule has 0 atom stereocenters. The van der Waals surface area contributed by atoms with Crippen molar-refractivity contribution in [3.63, 3.8) is 0 Å². The molecule has 0 bridgehead atoms. The van der Waals surface area contributed by atoms with Gasteiger partial charge < -0.3 is 14.6 Å². The van der Waals surface area contributed by atoms with Crippen molar-refractivity contribution in [1.82, 2.24) is 9.88 Å². The summed E-state index contributed by atoms with van der Waals surface area (Å²) in [6.45, 7) is 2.21. The van der Waals surface area contributed by atoms with E-state index < -0.39 is 23.6 Å². The van der Waals surface area contributed by atoms with Gasteiger partial charge in [-0.1, -0.05) is 25.1 Å². The normalized spacial score (nSPS) is 14.8. The number of hydrogen-bond acceptors (Lipinski definition) is 4. The minimum Gasteiger partial charge on any atom is -0.457 e. The zero-order valence-corrected chi connectivity index (χ0v) is 19.2. The van der Waals surface area contributed by atoms with Gasteiger partial charge in [0.25, 0.3) is 5.91 Å². The summed E-state index contributed by atoms with van der Waals surface area (Å²) in [5.41, 5.74) is 1.81. The Bertz CT molecular complexity index is 1240. The topological polar surface area (TPSA) is 79.5 Å². The number of aryl methyl sites for hydroxylation is 1. The van der Waals surface area contributed by atoms with E-state index in [0.29, 0.717) is 18.4 Å². The molecule has 35 heavy (non-hydrogen) atoms. The number of alkyl halides is 3. The van der Waals surface area contributed by atoms with Crippen molar-refractivity contribution < 1.29 is 32.3 Å². The number of amides is 1. The SMILES string of the molecule is CCc1cccc2c(C(=O)COC(=O)C3CCN(C(=O)c4ccc(C(F)(F)F)cc4)CC3)c[nH]c12. The highest BCUT2D eigenvalue weighted by molar-refractivity contribution is 6.09. The van der Waals surface area contributed by atoms with E-state index in [1.807, 2.05) is 25.1 Å². The smallest absolute Gasteiger partial charge is 0.416 e. The molecule has 0 radical (unpaired) electrons. The van der Waals surface area contributed by atoms with Gasteiger partial charge in [-0.25, -0.2) is 0 Å². The fourth-order valence-corrected chi connectivity index (χ4v) is 4.38. The number of aromatic amines is 1. The van der Waals surface area contributed by atoms with Gasteiger partial charge in [-0.2, -0.15) is 13.2 Å². The van der Waals surface area contributed by atoms with E-state index in [2.05, 4.69) is 4.98 Å². The highest BCUT2D eigenvalue weighted by atomic mass is 19.4. The molecule has 184 valence electrons. The summed E-state index contributed by atoms with van der Waals surface area (Å²) in [6, 6.07) is 9.80. The zero-order chi connectivity index (χ0) is 25.2. The number of fused-ring (bicyclic) bond motifs is 1. The molecule has 6 nitrogen and oxygen atoms in total. The summed E-state index contributed by atoms with van der Waals surface area (Å²) in [5, 5.41) is 0.792. The summed E-state index contributed by atoms with van der Waals surface area (Å²) in [6.07, 6.45) is -1.31. The number of likely N-dealkylation sites (tertiary alicyclic amines) is 1. The van der Waals surface area contributed by atoms with Gasteiger partial charge in [0, 0.05) is 41.3 Å². The van der Waals surface area contributed by atoms with Gasteiger partial charge in [-0.15, -0.1) is 0 Å². The average molecular weight is 486 g/mol. The van der Waals surface area contributed by atoms with E-state index in [4.69, 9.17) is 4.74 Å². The van der Waals surface area contributed by atoms with E-state index in [1.54, 1.807) is 6.20 Å². The fraction of sp³-hybridized carbons (Fsp3) is 0.346. The first kappa shape index (κ1) is 24.5. The number of H-pyrrole nitrogens is 1. The molecule has 1 fully saturated rings. The molecule has 1 saturated heterocycles. The number of benzene rings is 2. The Balaban J connectivity index is 1.29. The number of carbonyl (C=O) groups excluding carboxylic acids is 3. The van der Waals surface area contributed by atoms with Crippen LogP contribution in [-0.2, 0) is 22.1 Å². The molecule has 4 rings (SSSR count). The Kier molecular flexibility index (Phi) is 6.95. The summed E-state index contributed by atoms with van der Waals surface area (Å²) in [4.78, 5) is 42.4. The lowest BCUT2D eigenvalue weighted by atomic mass is 9.96. The highest BCUT2D eigenvalue weighted by Crippen LogP contribution is 2.29. The van der Waals surface area contributed by atoms with Crippen molar-refractivity contribution >= 4 is 28.6 Å². The van der Waals surface area contributed by atoms with Crippen molar-refractivity contribution in [2.24, 2.45) is 5.92 Å². The minimum absolute atomic E-state index is 0.162. The number of aromatic nitrogens is 1. The van der Waals surface area contributed by atoms with Crippen LogP contribution in [0.3, 0.4) is 0 Å². The first-order valence-corrected chi connectivity index (χ1v) is 11.4. The van der Waals surface area contributed by atoms with Gasteiger partial charge in [-0.05, 0) is 49.1 Å². The lowest BCUT2D eigenvalue weighted by Gasteiger charge is -2.31. The number of ether oxygens (including phenoxy) is 1. The summed E-state index contributed by atoms with van der Waals surface area (Å²) in [7, 11) is 0. The number of para-hydroxylation sites is 1. The number of halogens is 3. The predicted octanol–water partition coefficient (Wildman–Crippen LogP) is 5.03. The van der Waals surface area contributed by atoms with E-state index in [0.717, 1.165) is 47.2 Å². The molecule has 9 heteroatoms. The Labute approximate surface area is 200 Å². The number of esters is 1. The highest BCUT2D eigenvalue weighted by Gasteiger charge is 2.32. The third-order valence-electron chi connectivity index (χ3n) is 6.40. The number of Topliss-reactive ketones (excluding diaryl/α,β-unsaturated/α-hetero) is 1. The first-order valence-electron chi connectivity index (χ1n) is 11.4. The minimum atomic E-state index is -4.46. The lowest BCUT2D eigenvalue weighted by Crippen LogP contribution is -2.40. The third kappa shape index (κ3) is 5.23. The first-order chi connectivity index (χ1) is 16.7. The van der Waals surface area contributed by atoms with Crippen LogP contribution in [0.4, 0.5) is 13.2 Å². The summed E-state index contributed by atoms with van der Waals surface area (Å²) >= 11 is 0. The second-order valence-corrected chi connectivity index (χ2v) is 8.57. The second kappa shape index (κ2) is 9.93. The third-order valence-corrected chi connectivity index (χ3v) is 6.40. The van der Waals surface area contributed by atoms with Crippen molar-refractivity contribution in [3.05, 3.63) is 70.9 Å². The molecule has 2 aromatic carbocycles. The van der Waals surface area contributed by atoms with E-state index >= 15 is 0 Å². The van der Waals surface area contributed by atoms with Crippen LogP contribution in [0.1, 0.15) is 51.6 Å². The predicted molar refractivity (Wildman–Crippen MR) is 123 cm³/mol. The van der Waals surface area contributed by atoms with Crippen LogP contribution < -0.4 is 0 Å². The van der Waals surface area contributed by atoms with Gasteiger partial charge in [-0.3, -0.25) is 14.4 Å². The maximum absolute atomic E-state index is 12.7. The number of carbonyl (C=O) groups is 3. The zero-order valence-electron chi connectivity index (χ0n) is 19.2. The monoisotopic (exact) mass is 486 g/mol. The molecule has 2 heterocycles. The van der Waals surface area contributed by atoms with E-state index in [1.165, 1.54) is 4.90 Å². The number of nitrogens with one attached hydrogen (secondary N) is 1. The van der Waals surface area contributed by atoms with Crippen LogP contribution in [0, 0.1) is 5.92 Å². The van der Waals surface area contributed by atoms with Gasteiger partial charge >= 0.3 is 12.1 Å². The molecule has 1 N–H and O–H groups in total.